The van der Waals surface area contributed by atoms with Crippen LogP contribution in [0.1, 0.15) is 12.5 Å². The molecule has 2 aromatic carbocycles. The number of rotatable bonds is 9. The van der Waals surface area contributed by atoms with Crippen molar-refractivity contribution >= 4 is 29.2 Å². The fourth-order valence-electron chi connectivity index (χ4n) is 3.72. The van der Waals surface area contributed by atoms with Crippen LogP contribution in [0.4, 0.5) is 11.5 Å². The number of aromatic nitrogens is 2. The van der Waals surface area contributed by atoms with Gasteiger partial charge in [-0.15, -0.1) is 10.2 Å². The van der Waals surface area contributed by atoms with Gasteiger partial charge in [0.2, 0.25) is 5.91 Å². The summed E-state index contributed by atoms with van der Waals surface area (Å²) in [6.45, 7) is 6.71. The third kappa shape index (κ3) is 6.38. The quantitative estimate of drug-likeness (QED) is 0.486. The molecule has 0 atom stereocenters. The Morgan fingerprint density at radius 1 is 0.939 bits per heavy atom. The normalized spacial score (nSPS) is 13.6. The number of amides is 1. The molecule has 4 rings (SSSR count). The molecule has 1 fully saturated rings. The van der Waals surface area contributed by atoms with E-state index in [4.69, 9.17) is 4.74 Å². The maximum Gasteiger partial charge on any atom is 0.230 e. The number of piperazine rings is 1. The number of carbonyl (C=O) groups is 1. The van der Waals surface area contributed by atoms with Gasteiger partial charge in [-0.25, -0.2) is 0 Å². The van der Waals surface area contributed by atoms with Crippen LogP contribution in [-0.2, 0) is 11.3 Å². The lowest BCUT2D eigenvalue weighted by Crippen LogP contribution is -2.47. The van der Waals surface area contributed by atoms with Gasteiger partial charge < -0.3 is 19.9 Å². The molecule has 2 heterocycles. The largest absolute Gasteiger partial charge is 0.492 e. The molecular formula is C25H29N5O2S. The van der Waals surface area contributed by atoms with E-state index in [-0.39, 0.29) is 5.91 Å². The molecule has 0 spiro atoms. The molecule has 7 nitrogen and oxygen atoms in total. The average molecular weight is 464 g/mol. The molecule has 1 aliphatic rings. The molecule has 1 amide bonds. The summed E-state index contributed by atoms with van der Waals surface area (Å²) in [5.41, 5.74) is 2.23. The Morgan fingerprint density at radius 3 is 2.39 bits per heavy atom. The fraction of sp³-hybridized carbons (Fsp3) is 0.320. The zero-order chi connectivity index (χ0) is 22.9. The van der Waals surface area contributed by atoms with Crippen molar-refractivity contribution in [3.8, 4) is 5.75 Å². The highest BCUT2D eigenvalue weighted by molar-refractivity contribution is 7.99. The zero-order valence-electron chi connectivity index (χ0n) is 18.8. The van der Waals surface area contributed by atoms with Crippen LogP contribution in [0.15, 0.2) is 71.8 Å². The van der Waals surface area contributed by atoms with Crippen molar-refractivity contribution in [3.05, 3.63) is 72.3 Å². The molecule has 0 radical (unpaired) electrons. The number of ether oxygens (including phenoxy) is 1. The Bertz CT molecular complexity index is 1020. The summed E-state index contributed by atoms with van der Waals surface area (Å²) in [5, 5.41) is 12.4. The van der Waals surface area contributed by atoms with E-state index in [1.165, 1.54) is 11.8 Å². The van der Waals surface area contributed by atoms with Gasteiger partial charge >= 0.3 is 0 Å². The lowest BCUT2D eigenvalue weighted by atomic mass is 10.2. The number of nitrogens with zero attached hydrogens (tertiary/aromatic N) is 4. The lowest BCUT2D eigenvalue weighted by Gasteiger charge is -2.37. The third-order valence-corrected chi connectivity index (χ3v) is 6.34. The number of para-hydroxylation sites is 2. The molecule has 1 saturated heterocycles. The highest BCUT2D eigenvalue weighted by Gasteiger charge is 2.21. The van der Waals surface area contributed by atoms with E-state index in [1.54, 1.807) is 0 Å². The molecule has 0 saturated carbocycles. The summed E-state index contributed by atoms with van der Waals surface area (Å²) < 4.78 is 5.78. The minimum Gasteiger partial charge on any atom is -0.492 e. The first-order valence-corrected chi connectivity index (χ1v) is 12.2. The van der Waals surface area contributed by atoms with Crippen molar-refractivity contribution in [2.45, 2.75) is 18.5 Å². The predicted molar refractivity (Wildman–Crippen MR) is 133 cm³/mol. The van der Waals surface area contributed by atoms with E-state index in [0.29, 0.717) is 18.9 Å². The fourth-order valence-corrected chi connectivity index (χ4v) is 4.36. The molecule has 33 heavy (non-hydrogen) atoms. The van der Waals surface area contributed by atoms with E-state index in [2.05, 4.69) is 31.4 Å². The van der Waals surface area contributed by atoms with Crippen LogP contribution in [0.5, 0.6) is 5.75 Å². The summed E-state index contributed by atoms with van der Waals surface area (Å²) in [6.07, 6.45) is 0. The van der Waals surface area contributed by atoms with Gasteiger partial charge in [0.05, 0.1) is 18.0 Å². The molecule has 1 aromatic heterocycles. The van der Waals surface area contributed by atoms with Gasteiger partial charge in [-0.3, -0.25) is 4.79 Å². The van der Waals surface area contributed by atoms with E-state index in [0.717, 1.165) is 54.0 Å². The van der Waals surface area contributed by atoms with Crippen LogP contribution in [0.25, 0.3) is 0 Å². The first-order valence-electron chi connectivity index (χ1n) is 11.2. The Balaban J connectivity index is 1.24. The molecular weight excluding hydrogens is 434 g/mol. The molecule has 172 valence electrons. The van der Waals surface area contributed by atoms with Crippen LogP contribution in [0, 0.1) is 0 Å². The van der Waals surface area contributed by atoms with Crippen molar-refractivity contribution in [2.75, 3.05) is 48.3 Å². The third-order valence-electron chi connectivity index (χ3n) is 5.42. The minimum absolute atomic E-state index is 0.0156. The summed E-state index contributed by atoms with van der Waals surface area (Å²) in [4.78, 5) is 16.7. The molecule has 0 aliphatic carbocycles. The highest BCUT2D eigenvalue weighted by atomic mass is 32.2. The van der Waals surface area contributed by atoms with Crippen molar-refractivity contribution in [1.29, 1.82) is 0 Å². The average Bonchev–Trinajstić information content (AvgIpc) is 2.88. The van der Waals surface area contributed by atoms with E-state index in [1.807, 2.05) is 67.6 Å². The zero-order valence-corrected chi connectivity index (χ0v) is 19.6. The first-order chi connectivity index (χ1) is 16.2. The summed E-state index contributed by atoms with van der Waals surface area (Å²) in [5.74, 6) is 2.10. The summed E-state index contributed by atoms with van der Waals surface area (Å²) >= 11 is 1.40. The van der Waals surface area contributed by atoms with E-state index >= 15 is 0 Å². The Kier molecular flexibility index (Phi) is 8.03. The molecule has 1 aliphatic heterocycles. The van der Waals surface area contributed by atoms with Crippen molar-refractivity contribution in [3.63, 3.8) is 0 Å². The second-order valence-electron chi connectivity index (χ2n) is 7.66. The van der Waals surface area contributed by atoms with Crippen LogP contribution < -0.4 is 19.9 Å². The number of nitrogens with one attached hydrogen (secondary N) is 1. The van der Waals surface area contributed by atoms with Gasteiger partial charge in [0.1, 0.15) is 10.8 Å². The van der Waals surface area contributed by atoms with Crippen molar-refractivity contribution < 1.29 is 9.53 Å². The molecule has 3 aromatic rings. The van der Waals surface area contributed by atoms with E-state index < -0.39 is 0 Å². The topological polar surface area (TPSA) is 70.6 Å². The minimum atomic E-state index is -0.0156. The van der Waals surface area contributed by atoms with Gasteiger partial charge in [0.15, 0.2) is 5.82 Å². The first kappa shape index (κ1) is 22.9. The van der Waals surface area contributed by atoms with Crippen LogP contribution in [0.3, 0.4) is 0 Å². The van der Waals surface area contributed by atoms with Crippen LogP contribution in [-0.4, -0.2) is 54.6 Å². The van der Waals surface area contributed by atoms with Gasteiger partial charge in [-0.2, -0.15) is 0 Å². The van der Waals surface area contributed by atoms with Gasteiger partial charge in [0, 0.05) is 32.7 Å². The lowest BCUT2D eigenvalue weighted by molar-refractivity contribution is -0.118. The number of benzene rings is 2. The van der Waals surface area contributed by atoms with Gasteiger partial charge in [-0.05, 0) is 36.8 Å². The van der Waals surface area contributed by atoms with E-state index in [9.17, 15) is 4.79 Å². The van der Waals surface area contributed by atoms with Gasteiger partial charge in [-0.1, -0.05) is 54.2 Å². The van der Waals surface area contributed by atoms with Crippen LogP contribution >= 0.6 is 11.8 Å². The predicted octanol–water partition coefficient (Wildman–Crippen LogP) is 3.61. The molecule has 8 heteroatoms. The number of carbonyl (C=O) groups excluding carboxylic acids is 1. The standard InChI is InChI=1S/C25H29N5O2S/c1-2-32-22-11-7-6-10-21(22)29-14-16-30(17-15-29)23-12-13-25(28-27-23)33-19-24(31)26-18-20-8-4-3-5-9-20/h3-13H,2,14-19H2,1H3,(H,26,31). The Morgan fingerprint density at radius 2 is 1.67 bits per heavy atom. The molecule has 0 bridgehead atoms. The maximum atomic E-state index is 12.1. The summed E-state index contributed by atoms with van der Waals surface area (Å²) in [6, 6.07) is 22.0. The molecule has 1 N–H and O–H groups in total. The number of anilines is 2. The number of thioether (sulfide) groups is 1. The monoisotopic (exact) mass is 463 g/mol. The van der Waals surface area contributed by atoms with Gasteiger partial charge in [0.25, 0.3) is 0 Å². The van der Waals surface area contributed by atoms with Crippen LogP contribution in [0.2, 0.25) is 0 Å². The number of hydrogen-bond donors (Lipinski definition) is 1. The highest BCUT2D eigenvalue weighted by Crippen LogP contribution is 2.29. The van der Waals surface area contributed by atoms with Crippen molar-refractivity contribution in [1.82, 2.24) is 15.5 Å². The van der Waals surface area contributed by atoms with Crippen molar-refractivity contribution in [2.24, 2.45) is 0 Å². The molecule has 0 unspecified atom stereocenters. The smallest absolute Gasteiger partial charge is 0.230 e. The maximum absolute atomic E-state index is 12.1. The second-order valence-corrected chi connectivity index (χ2v) is 8.65. The SMILES string of the molecule is CCOc1ccccc1N1CCN(c2ccc(SCC(=O)NCc3ccccc3)nn2)CC1. The summed E-state index contributed by atoms with van der Waals surface area (Å²) in [7, 11) is 0. The number of hydrogen-bond acceptors (Lipinski definition) is 7. The Hall–Kier alpha value is -3.26. The Labute approximate surface area is 199 Å². The second kappa shape index (κ2) is 11.6.